The van der Waals surface area contributed by atoms with Gasteiger partial charge in [-0.1, -0.05) is 0 Å². The van der Waals surface area contributed by atoms with Crippen molar-refractivity contribution in [1.29, 1.82) is 0 Å². The smallest absolute Gasteiger partial charge is 0.376 e. The SMILES string of the molecule is CNC(C1CCCO1)C(F)(F)F. The summed E-state index contributed by atoms with van der Waals surface area (Å²) in [6.07, 6.45) is -3.69. The molecule has 2 atom stereocenters. The quantitative estimate of drug-likeness (QED) is 0.697. The van der Waals surface area contributed by atoms with Gasteiger partial charge in [0.15, 0.2) is 0 Å². The minimum atomic E-state index is -4.20. The van der Waals surface area contributed by atoms with Gasteiger partial charge in [0.05, 0.1) is 6.10 Å². The average Bonchev–Trinajstić information content (AvgIpc) is 2.38. The van der Waals surface area contributed by atoms with Crippen LogP contribution < -0.4 is 5.32 Å². The molecule has 12 heavy (non-hydrogen) atoms. The zero-order chi connectivity index (χ0) is 9.19. The number of alkyl halides is 3. The molecule has 0 bridgehead atoms. The Kier molecular flexibility index (Phi) is 2.95. The van der Waals surface area contributed by atoms with E-state index in [0.717, 1.165) is 6.42 Å². The topological polar surface area (TPSA) is 21.3 Å². The summed E-state index contributed by atoms with van der Waals surface area (Å²) in [7, 11) is 1.31. The van der Waals surface area contributed by atoms with Gasteiger partial charge < -0.3 is 10.1 Å². The summed E-state index contributed by atoms with van der Waals surface area (Å²) in [6, 6.07) is -1.51. The first-order chi connectivity index (χ1) is 5.55. The second-order valence-electron chi connectivity index (χ2n) is 2.86. The number of likely N-dealkylation sites (N-methyl/N-ethyl adjacent to an activating group) is 1. The molecular formula is C7H12F3NO. The number of hydrogen-bond donors (Lipinski definition) is 1. The lowest BCUT2D eigenvalue weighted by molar-refractivity contribution is -0.177. The molecule has 0 aromatic heterocycles. The van der Waals surface area contributed by atoms with Crippen LogP contribution >= 0.6 is 0 Å². The van der Waals surface area contributed by atoms with Crippen molar-refractivity contribution in [2.24, 2.45) is 0 Å². The molecule has 0 spiro atoms. The predicted octanol–water partition coefficient (Wildman–Crippen LogP) is 1.32. The van der Waals surface area contributed by atoms with E-state index in [1.54, 1.807) is 0 Å². The van der Waals surface area contributed by atoms with Crippen molar-refractivity contribution in [1.82, 2.24) is 5.32 Å². The third kappa shape index (κ3) is 2.10. The van der Waals surface area contributed by atoms with E-state index in [1.807, 2.05) is 0 Å². The minimum absolute atomic E-state index is 0.443. The van der Waals surface area contributed by atoms with Crippen LogP contribution in [0.3, 0.4) is 0 Å². The largest absolute Gasteiger partial charge is 0.406 e. The molecule has 5 heteroatoms. The summed E-state index contributed by atoms with van der Waals surface area (Å²) in [5.41, 5.74) is 0. The fraction of sp³-hybridized carbons (Fsp3) is 1.00. The summed E-state index contributed by atoms with van der Waals surface area (Å²) < 4.78 is 41.6. The second-order valence-corrected chi connectivity index (χ2v) is 2.86. The molecule has 0 radical (unpaired) electrons. The van der Waals surface area contributed by atoms with E-state index in [1.165, 1.54) is 7.05 Å². The molecule has 2 unspecified atom stereocenters. The Morgan fingerprint density at radius 2 is 2.17 bits per heavy atom. The second kappa shape index (κ2) is 3.62. The van der Waals surface area contributed by atoms with Gasteiger partial charge in [-0.05, 0) is 19.9 Å². The molecule has 1 fully saturated rings. The maximum absolute atomic E-state index is 12.2. The van der Waals surface area contributed by atoms with Crippen LogP contribution in [-0.4, -0.2) is 32.0 Å². The number of rotatable bonds is 2. The van der Waals surface area contributed by atoms with Gasteiger partial charge in [-0.15, -0.1) is 0 Å². The van der Waals surface area contributed by atoms with Gasteiger partial charge in [0.25, 0.3) is 0 Å². The van der Waals surface area contributed by atoms with Crippen LogP contribution in [0.2, 0.25) is 0 Å². The van der Waals surface area contributed by atoms with Gasteiger partial charge in [-0.3, -0.25) is 0 Å². The molecule has 1 aliphatic rings. The highest BCUT2D eigenvalue weighted by molar-refractivity contribution is 4.84. The lowest BCUT2D eigenvalue weighted by Gasteiger charge is -2.24. The number of nitrogens with one attached hydrogen (secondary N) is 1. The highest BCUT2D eigenvalue weighted by atomic mass is 19.4. The van der Waals surface area contributed by atoms with Crippen LogP contribution in [-0.2, 0) is 4.74 Å². The first-order valence-electron chi connectivity index (χ1n) is 3.91. The third-order valence-corrected chi connectivity index (χ3v) is 2.00. The number of hydrogen-bond acceptors (Lipinski definition) is 2. The van der Waals surface area contributed by atoms with Gasteiger partial charge >= 0.3 is 6.18 Å². The molecule has 1 saturated heterocycles. The van der Waals surface area contributed by atoms with Gasteiger partial charge in [0.1, 0.15) is 6.04 Å². The van der Waals surface area contributed by atoms with E-state index in [4.69, 9.17) is 4.74 Å². The first-order valence-corrected chi connectivity index (χ1v) is 3.91. The lowest BCUT2D eigenvalue weighted by Crippen LogP contribution is -2.48. The maximum atomic E-state index is 12.2. The normalized spacial score (nSPS) is 27.5. The summed E-state index contributed by atoms with van der Waals surface area (Å²) in [6.45, 7) is 0.443. The molecule has 2 nitrogen and oxygen atoms in total. The van der Waals surface area contributed by atoms with Crippen LogP contribution in [0.4, 0.5) is 13.2 Å². The van der Waals surface area contributed by atoms with E-state index in [9.17, 15) is 13.2 Å². The molecule has 0 aromatic carbocycles. The van der Waals surface area contributed by atoms with Crippen LogP contribution in [0.5, 0.6) is 0 Å². The van der Waals surface area contributed by atoms with Crippen LogP contribution in [0.15, 0.2) is 0 Å². The lowest BCUT2D eigenvalue weighted by atomic mass is 10.1. The molecule has 1 heterocycles. The summed E-state index contributed by atoms with van der Waals surface area (Å²) >= 11 is 0. The Morgan fingerprint density at radius 1 is 1.50 bits per heavy atom. The Morgan fingerprint density at radius 3 is 2.50 bits per heavy atom. The van der Waals surface area contributed by atoms with Crippen molar-refractivity contribution >= 4 is 0 Å². The average molecular weight is 183 g/mol. The zero-order valence-corrected chi connectivity index (χ0v) is 6.82. The maximum Gasteiger partial charge on any atom is 0.406 e. The minimum Gasteiger partial charge on any atom is -0.376 e. The van der Waals surface area contributed by atoms with Gasteiger partial charge in [-0.2, -0.15) is 13.2 Å². The first kappa shape index (κ1) is 9.80. The van der Waals surface area contributed by atoms with Crippen molar-refractivity contribution < 1.29 is 17.9 Å². The number of ether oxygens (including phenoxy) is 1. The molecule has 0 aliphatic carbocycles. The summed E-state index contributed by atoms with van der Waals surface area (Å²) in [5.74, 6) is 0. The summed E-state index contributed by atoms with van der Waals surface area (Å²) in [4.78, 5) is 0. The van der Waals surface area contributed by atoms with Gasteiger partial charge in [-0.25, -0.2) is 0 Å². The van der Waals surface area contributed by atoms with Crippen molar-refractivity contribution in [3.8, 4) is 0 Å². The van der Waals surface area contributed by atoms with E-state index < -0.39 is 18.3 Å². The standard InChI is InChI=1S/C7H12F3NO/c1-11-6(7(8,9)10)5-3-2-4-12-5/h5-6,11H,2-4H2,1H3. The van der Waals surface area contributed by atoms with E-state index >= 15 is 0 Å². The molecule has 0 aromatic rings. The van der Waals surface area contributed by atoms with Crippen molar-refractivity contribution in [3.05, 3.63) is 0 Å². The Bertz CT molecular complexity index is 142. The van der Waals surface area contributed by atoms with E-state index in [0.29, 0.717) is 13.0 Å². The predicted molar refractivity (Wildman–Crippen MR) is 37.9 cm³/mol. The highest BCUT2D eigenvalue weighted by Crippen LogP contribution is 2.28. The highest BCUT2D eigenvalue weighted by Gasteiger charge is 2.45. The number of halogens is 3. The fourth-order valence-electron chi connectivity index (χ4n) is 1.43. The molecule has 0 amide bonds. The van der Waals surface area contributed by atoms with Crippen molar-refractivity contribution in [2.45, 2.75) is 31.2 Å². The molecule has 1 rings (SSSR count). The van der Waals surface area contributed by atoms with Crippen LogP contribution in [0.25, 0.3) is 0 Å². The van der Waals surface area contributed by atoms with E-state index in [2.05, 4.69) is 5.32 Å². The fourth-order valence-corrected chi connectivity index (χ4v) is 1.43. The molecule has 1 aliphatic heterocycles. The Balaban J connectivity index is 2.54. The summed E-state index contributed by atoms with van der Waals surface area (Å²) in [5, 5.41) is 2.23. The molecule has 1 N–H and O–H groups in total. The van der Waals surface area contributed by atoms with Crippen molar-refractivity contribution in [2.75, 3.05) is 13.7 Å². The van der Waals surface area contributed by atoms with Crippen molar-refractivity contribution in [3.63, 3.8) is 0 Å². The molecular weight excluding hydrogens is 171 g/mol. The molecule has 0 saturated carbocycles. The Hall–Kier alpha value is -0.290. The zero-order valence-electron chi connectivity index (χ0n) is 6.82. The van der Waals surface area contributed by atoms with Crippen LogP contribution in [0.1, 0.15) is 12.8 Å². The van der Waals surface area contributed by atoms with E-state index in [-0.39, 0.29) is 0 Å². The monoisotopic (exact) mass is 183 g/mol. The Labute approximate surface area is 69.1 Å². The van der Waals surface area contributed by atoms with Gasteiger partial charge in [0.2, 0.25) is 0 Å². The van der Waals surface area contributed by atoms with Crippen LogP contribution in [0, 0.1) is 0 Å². The third-order valence-electron chi connectivity index (χ3n) is 2.00. The molecule has 72 valence electrons. The van der Waals surface area contributed by atoms with Gasteiger partial charge in [0, 0.05) is 6.61 Å².